The molecule has 140 valence electrons. The van der Waals surface area contributed by atoms with Crippen LogP contribution < -0.4 is 10.1 Å². The average Bonchev–Trinajstić information content (AvgIpc) is 2.70. The number of carbonyl (C=O) groups excluding carboxylic acids is 1. The van der Waals surface area contributed by atoms with Crippen LogP contribution in [-0.4, -0.2) is 24.2 Å². The van der Waals surface area contributed by atoms with Gasteiger partial charge in [0.2, 0.25) is 0 Å². The van der Waals surface area contributed by atoms with E-state index in [0.29, 0.717) is 11.7 Å². The molecular formula is C23H25NO3. The number of hydrogen-bond acceptors (Lipinski definition) is 3. The highest BCUT2D eigenvalue weighted by Gasteiger charge is 2.11. The highest BCUT2D eigenvalue weighted by atomic mass is 16.5. The molecule has 1 atom stereocenters. The summed E-state index contributed by atoms with van der Waals surface area (Å²) in [5, 5.41) is 15.2. The summed E-state index contributed by atoms with van der Waals surface area (Å²) in [5.41, 5.74) is 2.01. The van der Waals surface area contributed by atoms with Crippen LogP contribution in [0.5, 0.6) is 5.75 Å². The zero-order valence-corrected chi connectivity index (χ0v) is 15.7. The molecule has 0 fully saturated rings. The minimum Gasteiger partial charge on any atom is -0.484 e. The second-order valence-corrected chi connectivity index (χ2v) is 6.94. The van der Waals surface area contributed by atoms with E-state index in [0.717, 1.165) is 16.3 Å². The second-order valence-electron chi connectivity index (χ2n) is 6.94. The molecule has 0 aliphatic heterocycles. The van der Waals surface area contributed by atoms with Crippen LogP contribution in [0.15, 0.2) is 66.7 Å². The standard InChI is InChI=1S/C23H25NO3/c1-16(2)17-7-9-19(10-8-17)22(25)14-24-23(26)15-27-21-12-11-18-5-3-4-6-20(18)13-21/h3-13,16,22,25H,14-15H2,1-2H3,(H,24,26). The molecule has 0 aromatic heterocycles. The number of benzene rings is 3. The van der Waals surface area contributed by atoms with Crippen LogP contribution in [0.4, 0.5) is 0 Å². The lowest BCUT2D eigenvalue weighted by atomic mass is 10.00. The van der Waals surface area contributed by atoms with Crippen molar-refractivity contribution in [1.29, 1.82) is 0 Å². The largest absolute Gasteiger partial charge is 0.484 e. The minimum absolute atomic E-state index is 0.0860. The first-order valence-electron chi connectivity index (χ1n) is 9.19. The Labute approximate surface area is 159 Å². The molecule has 0 spiro atoms. The van der Waals surface area contributed by atoms with Crippen molar-refractivity contribution in [2.75, 3.05) is 13.2 Å². The van der Waals surface area contributed by atoms with Crippen molar-refractivity contribution < 1.29 is 14.6 Å². The summed E-state index contributed by atoms with van der Waals surface area (Å²) in [4.78, 5) is 12.0. The predicted molar refractivity (Wildman–Crippen MR) is 108 cm³/mol. The summed E-state index contributed by atoms with van der Waals surface area (Å²) in [6.45, 7) is 4.32. The van der Waals surface area contributed by atoms with Gasteiger partial charge in [0.15, 0.2) is 6.61 Å². The van der Waals surface area contributed by atoms with Crippen LogP contribution in [0.2, 0.25) is 0 Å². The lowest BCUT2D eigenvalue weighted by molar-refractivity contribution is -0.123. The zero-order valence-electron chi connectivity index (χ0n) is 15.7. The van der Waals surface area contributed by atoms with E-state index in [1.54, 1.807) is 0 Å². The first kappa shape index (κ1) is 18.9. The first-order valence-corrected chi connectivity index (χ1v) is 9.19. The highest BCUT2D eigenvalue weighted by molar-refractivity contribution is 5.84. The van der Waals surface area contributed by atoms with Crippen LogP contribution >= 0.6 is 0 Å². The molecule has 0 aliphatic carbocycles. The van der Waals surface area contributed by atoms with E-state index >= 15 is 0 Å². The Balaban J connectivity index is 1.48. The van der Waals surface area contributed by atoms with E-state index in [9.17, 15) is 9.90 Å². The molecule has 1 unspecified atom stereocenters. The molecule has 0 saturated carbocycles. The zero-order chi connectivity index (χ0) is 19.2. The molecule has 0 bridgehead atoms. The van der Waals surface area contributed by atoms with Gasteiger partial charge < -0.3 is 15.2 Å². The fraction of sp³-hybridized carbons (Fsp3) is 0.261. The maximum absolute atomic E-state index is 12.0. The number of rotatable bonds is 7. The fourth-order valence-corrected chi connectivity index (χ4v) is 2.89. The van der Waals surface area contributed by atoms with Crippen molar-refractivity contribution >= 4 is 16.7 Å². The number of nitrogens with one attached hydrogen (secondary N) is 1. The number of aliphatic hydroxyl groups is 1. The third kappa shape index (κ3) is 5.08. The van der Waals surface area contributed by atoms with Gasteiger partial charge in [-0.2, -0.15) is 0 Å². The smallest absolute Gasteiger partial charge is 0.258 e. The van der Waals surface area contributed by atoms with Gasteiger partial charge in [-0.3, -0.25) is 4.79 Å². The van der Waals surface area contributed by atoms with E-state index in [-0.39, 0.29) is 19.1 Å². The van der Waals surface area contributed by atoms with Crippen LogP contribution in [0.25, 0.3) is 10.8 Å². The monoisotopic (exact) mass is 363 g/mol. The van der Waals surface area contributed by atoms with Gasteiger partial charge in [-0.05, 0) is 39.9 Å². The molecule has 2 N–H and O–H groups in total. The van der Waals surface area contributed by atoms with E-state index in [4.69, 9.17) is 4.74 Å². The van der Waals surface area contributed by atoms with Gasteiger partial charge in [0, 0.05) is 6.54 Å². The van der Waals surface area contributed by atoms with Gasteiger partial charge in [-0.25, -0.2) is 0 Å². The van der Waals surface area contributed by atoms with Gasteiger partial charge in [-0.15, -0.1) is 0 Å². The summed E-state index contributed by atoms with van der Waals surface area (Å²) in [5.74, 6) is 0.831. The Morgan fingerprint density at radius 2 is 1.63 bits per heavy atom. The van der Waals surface area contributed by atoms with Crippen LogP contribution in [0, 0.1) is 0 Å². The molecule has 0 saturated heterocycles. The van der Waals surface area contributed by atoms with Gasteiger partial charge >= 0.3 is 0 Å². The fourth-order valence-electron chi connectivity index (χ4n) is 2.89. The first-order chi connectivity index (χ1) is 13.0. The molecule has 4 heteroatoms. The van der Waals surface area contributed by atoms with Crippen LogP contribution in [0.3, 0.4) is 0 Å². The Hall–Kier alpha value is -2.85. The van der Waals surface area contributed by atoms with Crippen LogP contribution in [-0.2, 0) is 4.79 Å². The summed E-state index contributed by atoms with van der Waals surface area (Å²) in [6.07, 6.45) is -0.740. The van der Waals surface area contributed by atoms with E-state index < -0.39 is 6.10 Å². The summed E-state index contributed by atoms with van der Waals surface area (Å²) < 4.78 is 5.56. The molecular weight excluding hydrogens is 338 g/mol. The lowest BCUT2D eigenvalue weighted by Gasteiger charge is -2.14. The van der Waals surface area contributed by atoms with Crippen LogP contribution in [0.1, 0.15) is 37.0 Å². The van der Waals surface area contributed by atoms with Gasteiger partial charge in [0.05, 0.1) is 6.10 Å². The third-order valence-corrected chi connectivity index (χ3v) is 4.57. The molecule has 0 radical (unpaired) electrons. The number of carbonyl (C=O) groups is 1. The molecule has 0 heterocycles. The normalized spacial score (nSPS) is 12.1. The number of amides is 1. The van der Waals surface area contributed by atoms with Gasteiger partial charge in [-0.1, -0.05) is 68.4 Å². The number of hydrogen-bond donors (Lipinski definition) is 2. The number of aliphatic hydroxyl groups excluding tert-OH is 1. The molecule has 3 aromatic rings. The van der Waals surface area contributed by atoms with E-state index in [1.807, 2.05) is 66.7 Å². The number of ether oxygens (including phenoxy) is 1. The highest BCUT2D eigenvalue weighted by Crippen LogP contribution is 2.21. The van der Waals surface area contributed by atoms with Crippen molar-refractivity contribution in [2.24, 2.45) is 0 Å². The molecule has 1 amide bonds. The third-order valence-electron chi connectivity index (χ3n) is 4.57. The Morgan fingerprint density at radius 1 is 0.963 bits per heavy atom. The van der Waals surface area contributed by atoms with Crippen molar-refractivity contribution in [3.05, 3.63) is 77.9 Å². The van der Waals surface area contributed by atoms with E-state index in [1.165, 1.54) is 5.56 Å². The quantitative estimate of drug-likeness (QED) is 0.662. The van der Waals surface area contributed by atoms with Crippen molar-refractivity contribution in [2.45, 2.75) is 25.9 Å². The number of fused-ring (bicyclic) bond motifs is 1. The Morgan fingerprint density at radius 3 is 2.33 bits per heavy atom. The van der Waals surface area contributed by atoms with Gasteiger partial charge in [0.25, 0.3) is 5.91 Å². The maximum Gasteiger partial charge on any atom is 0.258 e. The molecule has 27 heavy (non-hydrogen) atoms. The Bertz CT molecular complexity index is 903. The molecule has 0 aliphatic rings. The Kier molecular flexibility index (Phi) is 6.09. The summed E-state index contributed by atoms with van der Waals surface area (Å²) in [7, 11) is 0. The molecule has 3 aromatic carbocycles. The molecule has 4 nitrogen and oxygen atoms in total. The van der Waals surface area contributed by atoms with Gasteiger partial charge in [0.1, 0.15) is 5.75 Å². The average molecular weight is 363 g/mol. The summed E-state index contributed by atoms with van der Waals surface area (Å²) in [6, 6.07) is 21.5. The minimum atomic E-state index is -0.740. The topological polar surface area (TPSA) is 58.6 Å². The van der Waals surface area contributed by atoms with Crippen molar-refractivity contribution in [1.82, 2.24) is 5.32 Å². The van der Waals surface area contributed by atoms with Crippen molar-refractivity contribution in [3.63, 3.8) is 0 Å². The van der Waals surface area contributed by atoms with E-state index in [2.05, 4.69) is 19.2 Å². The summed E-state index contributed by atoms with van der Waals surface area (Å²) >= 11 is 0. The second kappa shape index (κ2) is 8.69. The maximum atomic E-state index is 12.0. The predicted octanol–water partition coefficient (Wildman–Crippen LogP) is 4.19. The lowest BCUT2D eigenvalue weighted by Crippen LogP contribution is -2.32. The SMILES string of the molecule is CC(C)c1ccc(C(O)CNC(=O)COc2ccc3ccccc3c2)cc1. The van der Waals surface area contributed by atoms with Crippen molar-refractivity contribution in [3.8, 4) is 5.75 Å². The molecule has 3 rings (SSSR count).